The summed E-state index contributed by atoms with van der Waals surface area (Å²) in [6.45, 7) is 3.80. The second kappa shape index (κ2) is 7.47. The maximum atomic E-state index is 12.3. The third-order valence-corrected chi connectivity index (χ3v) is 4.78. The van der Waals surface area contributed by atoms with Crippen molar-refractivity contribution in [2.24, 2.45) is 0 Å². The number of hydrogen-bond acceptors (Lipinski definition) is 3. The van der Waals surface area contributed by atoms with Gasteiger partial charge in [0, 0.05) is 16.6 Å². The number of carbonyl (C=O) groups is 2. The highest BCUT2D eigenvalue weighted by atomic mass is 79.9. The average Bonchev–Trinajstić information content (AvgIpc) is 2.47. The van der Waals surface area contributed by atoms with Crippen LogP contribution in [0.2, 0.25) is 5.02 Å². The van der Waals surface area contributed by atoms with Crippen molar-refractivity contribution in [2.75, 3.05) is 6.61 Å². The quantitative estimate of drug-likeness (QED) is 0.734. The summed E-state index contributed by atoms with van der Waals surface area (Å²) in [6, 6.07) is 5.30. The van der Waals surface area contributed by atoms with Crippen LogP contribution in [0.5, 0.6) is 0 Å². The van der Waals surface area contributed by atoms with Gasteiger partial charge in [-0.1, -0.05) is 27.5 Å². The van der Waals surface area contributed by atoms with Crippen LogP contribution < -0.4 is 0 Å². The number of nitrogens with zero attached hydrogens (tertiary/aromatic N) is 1. The van der Waals surface area contributed by atoms with Crippen molar-refractivity contribution in [1.29, 1.82) is 0 Å². The molecular weight excluding hydrogens is 370 g/mol. The van der Waals surface area contributed by atoms with Gasteiger partial charge in [0.2, 0.25) is 0 Å². The summed E-state index contributed by atoms with van der Waals surface area (Å²) >= 11 is 9.27. The first-order valence-corrected chi connectivity index (χ1v) is 8.50. The summed E-state index contributed by atoms with van der Waals surface area (Å²) in [7, 11) is 0. The van der Waals surface area contributed by atoms with Crippen molar-refractivity contribution in [3.63, 3.8) is 0 Å². The molecule has 0 bridgehead atoms. The zero-order chi connectivity index (χ0) is 16.3. The van der Waals surface area contributed by atoms with E-state index in [9.17, 15) is 9.59 Å². The Balaban J connectivity index is 1.98. The molecule has 0 unspecified atom stereocenters. The molecule has 1 saturated heterocycles. The second-order valence-electron chi connectivity index (χ2n) is 5.63. The molecule has 1 aromatic rings. The second-order valence-corrected chi connectivity index (χ2v) is 6.95. The van der Waals surface area contributed by atoms with E-state index < -0.39 is 5.97 Å². The zero-order valence-corrected chi connectivity index (χ0v) is 15.0. The number of rotatable bonds is 3. The average molecular weight is 389 g/mol. The first kappa shape index (κ1) is 17.3. The molecule has 0 radical (unpaired) electrons. The monoisotopic (exact) mass is 387 g/mol. The van der Waals surface area contributed by atoms with Gasteiger partial charge < -0.3 is 9.64 Å². The molecule has 1 aliphatic heterocycles. The van der Waals surface area contributed by atoms with Gasteiger partial charge in [-0.05, 0) is 51.3 Å². The van der Waals surface area contributed by atoms with Crippen LogP contribution in [0.25, 0.3) is 0 Å². The third-order valence-electron chi connectivity index (χ3n) is 3.96. The highest BCUT2D eigenvalue weighted by molar-refractivity contribution is 9.10. The van der Waals surface area contributed by atoms with Gasteiger partial charge in [-0.3, -0.25) is 4.79 Å². The van der Waals surface area contributed by atoms with E-state index in [2.05, 4.69) is 15.9 Å². The third kappa shape index (κ3) is 4.02. The number of benzene rings is 1. The topological polar surface area (TPSA) is 46.6 Å². The standard InChI is InChI=1S/C16H19BrClNO3/c1-10-4-3-5-11(2)19(10)15(20)9-22-16(21)13-8-12(17)6-7-14(13)18/h6-8,10-11H,3-5,9H2,1-2H3/t10-,11+. The summed E-state index contributed by atoms with van der Waals surface area (Å²) in [5, 5.41) is 0.306. The summed E-state index contributed by atoms with van der Waals surface area (Å²) in [4.78, 5) is 26.2. The lowest BCUT2D eigenvalue weighted by molar-refractivity contribution is -0.140. The predicted molar refractivity (Wildman–Crippen MR) is 89.1 cm³/mol. The zero-order valence-electron chi connectivity index (χ0n) is 12.6. The first-order valence-electron chi connectivity index (χ1n) is 7.33. The molecule has 0 aromatic heterocycles. The van der Waals surface area contributed by atoms with Gasteiger partial charge in [-0.2, -0.15) is 0 Å². The van der Waals surface area contributed by atoms with E-state index in [0.29, 0.717) is 5.02 Å². The predicted octanol–water partition coefficient (Wildman–Crippen LogP) is 4.05. The molecule has 2 rings (SSSR count). The molecule has 0 saturated carbocycles. The van der Waals surface area contributed by atoms with Crippen molar-refractivity contribution < 1.29 is 14.3 Å². The Morgan fingerprint density at radius 2 is 1.95 bits per heavy atom. The Labute approximate surface area is 143 Å². The van der Waals surface area contributed by atoms with Crippen LogP contribution in [0.15, 0.2) is 22.7 Å². The molecule has 22 heavy (non-hydrogen) atoms. The Bertz CT molecular complexity index is 569. The Morgan fingerprint density at radius 1 is 1.32 bits per heavy atom. The Kier molecular flexibility index (Phi) is 5.87. The van der Waals surface area contributed by atoms with E-state index in [-0.39, 0.29) is 30.2 Å². The Morgan fingerprint density at radius 3 is 2.59 bits per heavy atom. The van der Waals surface area contributed by atoms with Crippen molar-refractivity contribution >= 4 is 39.4 Å². The van der Waals surface area contributed by atoms with E-state index in [4.69, 9.17) is 16.3 Å². The molecule has 1 fully saturated rings. The van der Waals surface area contributed by atoms with Gasteiger partial charge in [-0.15, -0.1) is 0 Å². The Hall–Kier alpha value is -1.07. The van der Waals surface area contributed by atoms with Crippen molar-refractivity contribution in [1.82, 2.24) is 4.90 Å². The maximum Gasteiger partial charge on any atom is 0.340 e. The number of hydrogen-bond donors (Lipinski definition) is 0. The number of piperidine rings is 1. The first-order chi connectivity index (χ1) is 10.4. The number of amides is 1. The summed E-state index contributed by atoms with van der Waals surface area (Å²) in [5.41, 5.74) is 0.253. The smallest absolute Gasteiger partial charge is 0.340 e. The van der Waals surface area contributed by atoms with Gasteiger partial charge >= 0.3 is 5.97 Å². The molecule has 0 aliphatic carbocycles. The van der Waals surface area contributed by atoms with Crippen molar-refractivity contribution in [3.05, 3.63) is 33.3 Å². The number of halogens is 2. The van der Waals surface area contributed by atoms with E-state index >= 15 is 0 Å². The van der Waals surface area contributed by atoms with Gasteiger partial charge in [0.05, 0.1) is 10.6 Å². The molecule has 120 valence electrons. The van der Waals surface area contributed by atoms with Crippen LogP contribution in [0.4, 0.5) is 0 Å². The van der Waals surface area contributed by atoms with Crippen LogP contribution in [-0.2, 0) is 9.53 Å². The number of esters is 1. The molecule has 1 aliphatic rings. The van der Waals surface area contributed by atoms with Crippen LogP contribution in [0.1, 0.15) is 43.5 Å². The fourth-order valence-corrected chi connectivity index (χ4v) is 3.40. The summed E-state index contributed by atoms with van der Waals surface area (Å²) in [6.07, 6.45) is 3.10. The molecule has 0 spiro atoms. The molecule has 1 aromatic carbocycles. The fraction of sp³-hybridized carbons (Fsp3) is 0.500. The van der Waals surface area contributed by atoms with Crippen LogP contribution in [0, 0.1) is 0 Å². The van der Waals surface area contributed by atoms with E-state index in [1.807, 2.05) is 18.7 Å². The van der Waals surface area contributed by atoms with E-state index in [1.165, 1.54) is 0 Å². The summed E-state index contributed by atoms with van der Waals surface area (Å²) in [5.74, 6) is -0.740. The van der Waals surface area contributed by atoms with Crippen LogP contribution >= 0.6 is 27.5 Å². The lowest BCUT2D eigenvalue weighted by Gasteiger charge is -2.38. The molecule has 6 heteroatoms. The highest BCUT2D eigenvalue weighted by Gasteiger charge is 2.29. The van der Waals surface area contributed by atoms with Gasteiger partial charge in [0.25, 0.3) is 5.91 Å². The fourth-order valence-electron chi connectivity index (χ4n) is 2.85. The van der Waals surface area contributed by atoms with Gasteiger partial charge in [0.15, 0.2) is 6.61 Å². The number of ether oxygens (including phenoxy) is 1. The minimum atomic E-state index is -0.586. The molecule has 1 amide bonds. The lowest BCUT2D eigenvalue weighted by Crippen LogP contribution is -2.49. The molecule has 0 N–H and O–H groups in total. The summed E-state index contributed by atoms with van der Waals surface area (Å²) < 4.78 is 5.87. The van der Waals surface area contributed by atoms with Crippen molar-refractivity contribution in [2.45, 2.75) is 45.2 Å². The molecular formula is C16H19BrClNO3. The number of likely N-dealkylation sites (tertiary alicyclic amines) is 1. The van der Waals surface area contributed by atoms with Gasteiger partial charge in [-0.25, -0.2) is 4.79 Å². The molecule has 1 heterocycles. The van der Waals surface area contributed by atoms with Crippen LogP contribution in [0.3, 0.4) is 0 Å². The SMILES string of the molecule is C[C@@H]1CCC[C@H](C)N1C(=O)COC(=O)c1cc(Br)ccc1Cl. The van der Waals surface area contributed by atoms with E-state index in [0.717, 1.165) is 23.7 Å². The number of carbonyl (C=O) groups excluding carboxylic acids is 2. The highest BCUT2D eigenvalue weighted by Crippen LogP contribution is 2.24. The molecule has 2 atom stereocenters. The lowest BCUT2D eigenvalue weighted by atomic mass is 9.97. The largest absolute Gasteiger partial charge is 0.452 e. The van der Waals surface area contributed by atoms with Gasteiger partial charge in [0.1, 0.15) is 0 Å². The minimum Gasteiger partial charge on any atom is -0.452 e. The van der Waals surface area contributed by atoms with Crippen LogP contribution in [-0.4, -0.2) is 35.5 Å². The molecule has 4 nitrogen and oxygen atoms in total. The minimum absolute atomic E-state index is 0.154. The maximum absolute atomic E-state index is 12.3. The normalized spacial score (nSPS) is 21.5. The van der Waals surface area contributed by atoms with Crippen molar-refractivity contribution in [3.8, 4) is 0 Å². The van der Waals surface area contributed by atoms with E-state index in [1.54, 1.807) is 18.2 Å².